The molecule has 1 atom stereocenters. The first kappa shape index (κ1) is 12.4. The van der Waals surface area contributed by atoms with Crippen molar-refractivity contribution in [3.8, 4) is 0 Å². The molecule has 0 radical (unpaired) electrons. The van der Waals surface area contributed by atoms with Crippen LogP contribution in [0.3, 0.4) is 0 Å². The maximum absolute atomic E-state index is 11.8. The molecule has 4 nitrogen and oxygen atoms in total. The van der Waals surface area contributed by atoms with Crippen LogP contribution in [-0.4, -0.2) is 46.8 Å². The molecule has 1 unspecified atom stereocenters. The highest BCUT2D eigenvalue weighted by Gasteiger charge is 2.32. The Morgan fingerprint density at radius 3 is 2.67 bits per heavy atom. The van der Waals surface area contributed by atoms with Crippen LogP contribution in [0.5, 0.6) is 0 Å². The first-order chi connectivity index (χ1) is 6.85. The second kappa shape index (κ2) is 4.43. The topological polar surface area (TPSA) is 49.4 Å². The second-order valence-corrected chi connectivity index (χ2v) is 5.96. The monoisotopic (exact) mass is 230 g/mol. The molecular weight excluding hydrogens is 212 g/mol. The maximum Gasteiger partial charge on any atom is 0.245 e. The molecule has 1 aliphatic rings. The molecule has 1 rings (SSSR count). The quantitative estimate of drug-likeness (QED) is 0.767. The van der Waals surface area contributed by atoms with Crippen molar-refractivity contribution in [2.75, 3.05) is 19.3 Å². The van der Waals surface area contributed by atoms with E-state index in [1.165, 1.54) is 0 Å². The average molecular weight is 230 g/mol. The first-order valence-corrected chi connectivity index (χ1v) is 6.21. The van der Waals surface area contributed by atoms with E-state index in [0.717, 1.165) is 0 Å². The summed E-state index contributed by atoms with van der Waals surface area (Å²) in [6.07, 6.45) is 2.01. The van der Waals surface area contributed by atoms with Crippen molar-refractivity contribution in [2.24, 2.45) is 0 Å². The predicted molar refractivity (Wildman–Crippen MR) is 61.8 cm³/mol. The second-order valence-electron chi connectivity index (χ2n) is 4.45. The number of rotatable bonds is 3. The van der Waals surface area contributed by atoms with Crippen molar-refractivity contribution >= 4 is 23.6 Å². The molecule has 0 aliphatic carbocycles. The number of piperazine rings is 1. The highest BCUT2D eigenvalue weighted by Crippen LogP contribution is 2.23. The van der Waals surface area contributed by atoms with Gasteiger partial charge in [0, 0.05) is 11.3 Å². The van der Waals surface area contributed by atoms with E-state index in [2.05, 4.69) is 19.2 Å². The first-order valence-electron chi connectivity index (χ1n) is 4.99. The molecule has 1 N–H and O–H groups in total. The Morgan fingerprint density at radius 1 is 1.53 bits per heavy atom. The SMILES string of the molecule is CSC(C)(C)CN1CC(=O)NC(C)C1=O. The summed E-state index contributed by atoms with van der Waals surface area (Å²) < 4.78 is -0.00694. The van der Waals surface area contributed by atoms with E-state index in [9.17, 15) is 9.59 Å². The van der Waals surface area contributed by atoms with Gasteiger partial charge in [0.25, 0.3) is 0 Å². The number of nitrogens with one attached hydrogen (secondary N) is 1. The lowest BCUT2D eigenvalue weighted by Gasteiger charge is -2.35. The van der Waals surface area contributed by atoms with Gasteiger partial charge < -0.3 is 10.2 Å². The van der Waals surface area contributed by atoms with Gasteiger partial charge in [0.2, 0.25) is 11.8 Å². The third-order valence-corrected chi connectivity index (χ3v) is 3.75. The standard InChI is InChI=1S/C10H18N2O2S/c1-7-9(14)12(5-8(13)11-7)6-10(2,3)15-4/h7H,5-6H2,1-4H3,(H,11,13). The fraction of sp³-hybridized carbons (Fsp3) is 0.800. The molecule has 0 spiro atoms. The zero-order chi connectivity index (χ0) is 11.6. The van der Waals surface area contributed by atoms with E-state index < -0.39 is 0 Å². The summed E-state index contributed by atoms with van der Waals surface area (Å²) in [6.45, 7) is 6.67. The van der Waals surface area contributed by atoms with Crippen LogP contribution in [0.15, 0.2) is 0 Å². The fourth-order valence-electron chi connectivity index (χ4n) is 1.53. The smallest absolute Gasteiger partial charge is 0.245 e. The van der Waals surface area contributed by atoms with Gasteiger partial charge in [-0.15, -0.1) is 0 Å². The summed E-state index contributed by atoms with van der Waals surface area (Å²) in [4.78, 5) is 24.7. The van der Waals surface area contributed by atoms with Crippen molar-refractivity contribution in [1.29, 1.82) is 0 Å². The maximum atomic E-state index is 11.8. The van der Waals surface area contributed by atoms with Gasteiger partial charge in [-0.1, -0.05) is 0 Å². The number of amides is 2. The van der Waals surface area contributed by atoms with Gasteiger partial charge in [0.15, 0.2) is 0 Å². The average Bonchev–Trinajstić information content (AvgIpc) is 2.13. The van der Waals surface area contributed by atoms with E-state index in [-0.39, 0.29) is 29.1 Å². The molecule has 5 heteroatoms. The summed E-state index contributed by atoms with van der Waals surface area (Å²) in [5, 5.41) is 2.63. The lowest BCUT2D eigenvalue weighted by atomic mass is 10.1. The Bertz CT molecular complexity index is 279. The Morgan fingerprint density at radius 2 is 2.13 bits per heavy atom. The van der Waals surface area contributed by atoms with Gasteiger partial charge in [-0.05, 0) is 27.0 Å². The number of carbonyl (C=O) groups is 2. The van der Waals surface area contributed by atoms with Gasteiger partial charge in [0.05, 0.1) is 6.54 Å². The number of hydrogen-bond donors (Lipinski definition) is 1. The molecule has 1 heterocycles. The van der Waals surface area contributed by atoms with Crippen LogP contribution in [0.1, 0.15) is 20.8 Å². The normalized spacial score (nSPS) is 22.9. The molecule has 2 amide bonds. The summed E-state index contributed by atoms with van der Waals surface area (Å²) in [7, 11) is 0. The van der Waals surface area contributed by atoms with Gasteiger partial charge in [-0.25, -0.2) is 0 Å². The number of thioether (sulfide) groups is 1. The summed E-state index contributed by atoms with van der Waals surface area (Å²) >= 11 is 1.70. The minimum atomic E-state index is -0.385. The number of hydrogen-bond acceptors (Lipinski definition) is 3. The van der Waals surface area contributed by atoms with Crippen molar-refractivity contribution in [2.45, 2.75) is 31.6 Å². The molecule has 0 aromatic rings. The lowest BCUT2D eigenvalue weighted by molar-refractivity contribution is -0.144. The van der Waals surface area contributed by atoms with E-state index >= 15 is 0 Å². The zero-order valence-corrected chi connectivity index (χ0v) is 10.5. The fourth-order valence-corrected chi connectivity index (χ4v) is 1.82. The van der Waals surface area contributed by atoms with Crippen molar-refractivity contribution < 1.29 is 9.59 Å². The molecule has 0 aromatic carbocycles. The van der Waals surface area contributed by atoms with E-state index in [1.807, 2.05) is 6.26 Å². The van der Waals surface area contributed by atoms with E-state index in [0.29, 0.717) is 6.54 Å². The van der Waals surface area contributed by atoms with Crippen molar-refractivity contribution in [3.05, 3.63) is 0 Å². The largest absolute Gasteiger partial charge is 0.343 e. The predicted octanol–water partition coefficient (Wildman–Crippen LogP) is 0.475. The molecule has 1 fully saturated rings. The number of nitrogens with zero attached hydrogens (tertiary/aromatic N) is 1. The highest BCUT2D eigenvalue weighted by molar-refractivity contribution is 7.99. The molecule has 86 valence electrons. The molecular formula is C10H18N2O2S. The van der Waals surface area contributed by atoms with Gasteiger partial charge in [-0.2, -0.15) is 11.8 Å². The van der Waals surface area contributed by atoms with E-state index in [1.54, 1.807) is 23.6 Å². The Labute approximate surface area is 94.8 Å². The molecule has 0 bridgehead atoms. The minimum absolute atomic E-state index is 0.00694. The van der Waals surface area contributed by atoms with Crippen LogP contribution < -0.4 is 5.32 Å². The Kier molecular flexibility index (Phi) is 3.65. The Balaban J connectivity index is 2.68. The molecule has 1 aliphatic heterocycles. The van der Waals surface area contributed by atoms with Gasteiger partial charge >= 0.3 is 0 Å². The van der Waals surface area contributed by atoms with Gasteiger partial charge in [0.1, 0.15) is 6.04 Å². The summed E-state index contributed by atoms with van der Waals surface area (Å²) in [5.41, 5.74) is 0. The number of carbonyl (C=O) groups excluding carboxylic acids is 2. The van der Waals surface area contributed by atoms with Crippen molar-refractivity contribution in [3.63, 3.8) is 0 Å². The Hall–Kier alpha value is -0.710. The summed E-state index contributed by atoms with van der Waals surface area (Å²) in [5.74, 6) is -0.0595. The van der Waals surface area contributed by atoms with Crippen LogP contribution in [0.2, 0.25) is 0 Å². The lowest BCUT2D eigenvalue weighted by Crippen LogP contribution is -2.58. The van der Waals surface area contributed by atoms with Crippen molar-refractivity contribution in [1.82, 2.24) is 10.2 Å². The van der Waals surface area contributed by atoms with Crippen LogP contribution in [0, 0.1) is 0 Å². The van der Waals surface area contributed by atoms with Crippen LogP contribution in [-0.2, 0) is 9.59 Å². The minimum Gasteiger partial charge on any atom is -0.343 e. The molecule has 15 heavy (non-hydrogen) atoms. The van der Waals surface area contributed by atoms with E-state index in [4.69, 9.17) is 0 Å². The van der Waals surface area contributed by atoms with Crippen LogP contribution in [0.25, 0.3) is 0 Å². The summed E-state index contributed by atoms with van der Waals surface area (Å²) in [6, 6.07) is -0.385. The third kappa shape index (κ3) is 3.12. The molecule has 0 aromatic heterocycles. The highest BCUT2D eigenvalue weighted by atomic mass is 32.2. The van der Waals surface area contributed by atoms with Crippen LogP contribution in [0.4, 0.5) is 0 Å². The third-order valence-electron chi connectivity index (χ3n) is 2.52. The zero-order valence-electron chi connectivity index (χ0n) is 9.66. The van der Waals surface area contributed by atoms with Gasteiger partial charge in [-0.3, -0.25) is 9.59 Å². The van der Waals surface area contributed by atoms with Crippen LogP contribution >= 0.6 is 11.8 Å². The molecule has 0 saturated carbocycles. The molecule has 1 saturated heterocycles.